The summed E-state index contributed by atoms with van der Waals surface area (Å²) >= 11 is 0. The molecule has 1 fully saturated rings. The lowest BCUT2D eigenvalue weighted by Gasteiger charge is -2.25. The number of anilines is 1. The van der Waals surface area contributed by atoms with Crippen molar-refractivity contribution in [2.24, 2.45) is 5.92 Å². The Bertz CT molecular complexity index is 688. The molecule has 0 N–H and O–H groups in total. The highest BCUT2D eigenvalue weighted by Crippen LogP contribution is 2.36. The van der Waals surface area contributed by atoms with Crippen LogP contribution in [0.2, 0.25) is 0 Å². The largest absolute Gasteiger partial charge is 0.342 e. The van der Waals surface area contributed by atoms with Crippen LogP contribution in [0.1, 0.15) is 25.8 Å². The maximum Gasteiger partial charge on any atom is 0.269 e. The Hall–Kier alpha value is -2.44. The first-order valence-electron chi connectivity index (χ1n) is 7.80. The van der Waals surface area contributed by atoms with Crippen LogP contribution in [0.25, 0.3) is 0 Å². The van der Waals surface area contributed by atoms with Crippen molar-refractivity contribution in [1.82, 2.24) is 4.90 Å². The van der Waals surface area contributed by atoms with Crippen LogP contribution >= 0.6 is 0 Å². The molecule has 0 spiro atoms. The van der Waals surface area contributed by atoms with Gasteiger partial charge >= 0.3 is 0 Å². The van der Waals surface area contributed by atoms with Gasteiger partial charge in [-0.2, -0.15) is 0 Å². The molecule has 3 rings (SSSR count). The molecule has 1 aromatic carbocycles. The third-order valence-corrected chi connectivity index (χ3v) is 4.67. The standard InChI is InChI=1S/C16H19N3O4/c1-3-17-9-12(8-15(17)20)16(21)18-10(2)6-11-7-13(19(22)23)4-5-14(11)18/h4-5,7,10,12H,3,6,8-9H2,1-2H3/t10-,12-/m0/s1. The summed E-state index contributed by atoms with van der Waals surface area (Å²) in [6.07, 6.45) is 0.846. The number of carbonyl (C=O) groups excluding carboxylic acids is 2. The Labute approximate surface area is 134 Å². The van der Waals surface area contributed by atoms with Crippen LogP contribution in [-0.2, 0) is 16.0 Å². The van der Waals surface area contributed by atoms with Gasteiger partial charge in [0.05, 0.1) is 10.8 Å². The lowest BCUT2D eigenvalue weighted by Crippen LogP contribution is -2.41. The molecule has 2 aliphatic rings. The molecule has 2 aliphatic heterocycles. The van der Waals surface area contributed by atoms with Gasteiger partial charge in [0.15, 0.2) is 0 Å². The first kappa shape index (κ1) is 15.5. The lowest BCUT2D eigenvalue weighted by atomic mass is 10.1. The number of nitro benzene ring substituents is 1. The van der Waals surface area contributed by atoms with E-state index >= 15 is 0 Å². The Kier molecular flexibility index (Phi) is 3.79. The van der Waals surface area contributed by atoms with Gasteiger partial charge in [0.1, 0.15) is 0 Å². The summed E-state index contributed by atoms with van der Waals surface area (Å²) in [5, 5.41) is 10.9. The number of rotatable bonds is 3. The van der Waals surface area contributed by atoms with E-state index in [0.717, 1.165) is 11.3 Å². The Balaban J connectivity index is 1.86. The van der Waals surface area contributed by atoms with E-state index < -0.39 is 4.92 Å². The predicted octanol–water partition coefficient (Wildman–Crippen LogP) is 1.74. The van der Waals surface area contributed by atoms with Crippen LogP contribution in [0.3, 0.4) is 0 Å². The predicted molar refractivity (Wildman–Crippen MR) is 84.1 cm³/mol. The molecule has 0 saturated carbocycles. The minimum atomic E-state index is -0.426. The summed E-state index contributed by atoms with van der Waals surface area (Å²) in [5.41, 5.74) is 1.59. The van der Waals surface area contributed by atoms with E-state index in [1.165, 1.54) is 12.1 Å². The normalized spacial score (nSPS) is 23.3. The average Bonchev–Trinajstić information content (AvgIpc) is 3.04. The fourth-order valence-electron chi connectivity index (χ4n) is 3.51. The van der Waals surface area contributed by atoms with Gasteiger partial charge in [-0.15, -0.1) is 0 Å². The van der Waals surface area contributed by atoms with Crippen molar-refractivity contribution < 1.29 is 14.5 Å². The third kappa shape index (κ3) is 2.56. The SMILES string of the molecule is CCN1C[C@@H](C(=O)N2c3ccc([N+](=O)[O-])cc3C[C@@H]2C)CC1=O. The summed E-state index contributed by atoms with van der Waals surface area (Å²) in [5.74, 6) is -0.373. The highest BCUT2D eigenvalue weighted by Gasteiger charge is 2.40. The minimum Gasteiger partial charge on any atom is -0.342 e. The van der Waals surface area contributed by atoms with Crippen molar-refractivity contribution in [3.8, 4) is 0 Å². The number of fused-ring (bicyclic) bond motifs is 1. The van der Waals surface area contributed by atoms with Crippen LogP contribution in [0, 0.1) is 16.0 Å². The zero-order chi connectivity index (χ0) is 16.7. The van der Waals surface area contributed by atoms with Crippen LogP contribution in [0.15, 0.2) is 18.2 Å². The van der Waals surface area contributed by atoms with Gasteiger partial charge in [0.25, 0.3) is 5.69 Å². The maximum atomic E-state index is 12.9. The smallest absolute Gasteiger partial charge is 0.269 e. The molecule has 0 unspecified atom stereocenters. The Morgan fingerprint density at radius 3 is 2.74 bits per heavy atom. The summed E-state index contributed by atoms with van der Waals surface area (Å²) in [6.45, 7) is 4.90. The fraction of sp³-hybridized carbons (Fsp3) is 0.500. The van der Waals surface area contributed by atoms with E-state index in [4.69, 9.17) is 0 Å². The first-order chi connectivity index (χ1) is 10.9. The topological polar surface area (TPSA) is 83.8 Å². The zero-order valence-electron chi connectivity index (χ0n) is 13.2. The van der Waals surface area contributed by atoms with Crippen molar-refractivity contribution >= 4 is 23.2 Å². The summed E-state index contributed by atoms with van der Waals surface area (Å²) < 4.78 is 0. The number of likely N-dealkylation sites (tertiary alicyclic amines) is 1. The van der Waals surface area contributed by atoms with Gasteiger partial charge in [0, 0.05) is 43.4 Å². The van der Waals surface area contributed by atoms with E-state index in [0.29, 0.717) is 19.5 Å². The zero-order valence-corrected chi connectivity index (χ0v) is 13.2. The van der Waals surface area contributed by atoms with E-state index in [2.05, 4.69) is 0 Å². The van der Waals surface area contributed by atoms with Gasteiger partial charge in [-0.05, 0) is 31.9 Å². The number of hydrogen-bond acceptors (Lipinski definition) is 4. The number of carbonyl (C=O) groups is 2. The summed E-state index contributed by atoms with van der Waals surface area (Å²) in [4.78, 5) is 38.6. The van der Waals surface area contributed by atoms with Crippen molar-refractivity contribution in [1.29, 1.82) is 0 Å². The second-order valence-corrected chi connectivity index (χ2v) is 6.16. The van der Waals surface area contributed by atoms with E-state index in [-0.39, 0.29) is 35.9 Å². The quantitative estimate of drug-likeness (QED) is 0.628. The molecule has 2 heterocycles. The second-order valence-electron chi connectivity index (χ2n) is 6.16. The molecular formula is C16H19N3O4. The summed E-state index contributed by atoms with van der Waals surface area (Å²) in [6, 6.07) is 4.56. The molecule has 0 aliphatic carbocycles. The van der Waals surface area contributed by atoms with Crippen LogP contribution in [0.5, 0.6) is 0 Å². The maximum absolute atomic E-state index is 12.9. The Morgan fingerprint density at radius 2 is 2.13 bits per heavy atom. The molecule has 23 heavy (non-hydrogen) atoms. The molecule has 1 aromatic rings. The van der Waals surface area contributed by atoms with Gasteiger partial charge in [-0.25, -0.2) is 0 Å². The molecular weight excluding hydrogens is 298 g/mol. The Morgan fingerprint density at radius 1 is 1.39 bits per heavy atom. The highest BCUT2D eigenvalue weighted by molar-refractivity contribution is 6.01. The number of hydrogen-bond donors (Lipinski definition) is 0. The molecule has 122 valence electrons. The number of amides is 2. The van der Waals surface area contributed by atoms with Gasteiger partial charge in [0.2, 0.25) is 11.8 Å². The van der Waals surface area contributed by atoms with Crippen molar-refractivity contribution in [3.63, 3.8) is 0 Å². The molecule has 0 bridgehead atoms. The number of nitrogens with zero attached hydrogens (tertiary/aromatic N) is 3. The van der Waals surface area contributed by atoms with E-state index in [9.17, 15) is 19.7 Å². The highest BCUT2D eigenvalue weighted by atomic mass is 16.6. The number of nitro groups is 1. The van der Waals surface area contributed by atoms with Crippen LogP contribution in [0.4, 0.5) is 11.4 Å². The van der Waals surface area contributed by atoms with Crippen LogP contribution in [-0.4, -0.2) is 40.8 Å². The van der Waals surface area contributed by atoms with Gasteiger partial charge < -0.3 is 9.80 Å². The first-order valence-corrected chi connectivity index (χ1v) is 7.80. The fourth-order valence-corrected chi connectivity index (χ4v) is 3.51. The van der Waals surface area contributed by atoms with E-state index in [1.54, 1.807) is 15.9 Å². The van der Waals surface area contributed by atoms with Crippen LogP contribution < -0.4 is 4.90 Å². The summed E-state index contributed by atoms with van der Waals surface area (Å²) in [7, 11) is 0. The molecule has 2 amide bonds. The second kappa shape index (κ2) is 5.64. The van der Waals surface area contributed by atoms with Crippen molar-refractivity contribution in [2.45, 2.75) is 32.7 Å². The molecule has 7 nitrogen and oxygen atoms in total. The van der Waals surface area contributed by atoms with Gasteiger partial charge in [-0.1, -0.05) is 0 Å². The molecule has 2 atom stereocenters. The monoisotopic (exact) mass is 317 g/mol. The molecule has 0 radical (unpaired) electrons. The van der Waals surface area contributed by atoms with Crippen molar-refractivity contribution in [2.75, 3.05) is 18.0 Å². The van der Waals surface area contributed by atoms with Gasteiger partial charge in [-0.3, -0.25) is 19.7 Å². The molecule has 7 heteroatoms. The lowest BCUT2D eigenvalue weighted by molar-refractivity contribution is -0.384. The average molecular weight is 317 g/mol. The van der Waals surface area contributed by atoms with Crippen molar-refractivity contribution in [3.05, 3.63) is 33.9 Å². The minimum absolute atomic E-state index is 0.0154. The molecule has 0 aromatic heterocycles. The third-order valence-electron chi connectivity index (χ3n) is 4.67. The number of non-ortho nitro benzene ring substituents is 1. The molecule has 1 saturated heterocycles. The number of benzene rings is 1. The van der Waals surface area contributed by atoms with E-state index in [1.807, 2.05) is 13.8 Å².